The van der Waals surface area contributed by atoms with Gasteiger partial charge in [-0.15, -0.1) is 0 Å². The van der Waals surface area contributed by atoms with E-state index in [0.29, 0.717) is 29.9 Å². The summed E-state index contributed by atoms with van der Waals surface area (Å²) in [6.45, 7) is 4.26. The number of nitrogens with one attached hydrogen (secondary N) is 1. The molecule has 2 aromatic carbocycles. The second-order valence-corrected chi connectivity index (χ2v) is 6.37. The summed E-state index contributed by atoms with van der Waals surface area (Å²) in [4.78, 5) is 12.9. The number of aromatic nitrogens is 2. The Bertz CT molecular complexity index is 978. The summed E-state index contributed by atoms with van der Waals surface area (Å²) < 4.78 is 40.9. The van der Waals surface area contributed by atoms with Gasteiger partial charge in [0.05, 0.1) is 11.3 Å². The van der Waals surface area contributed by atoms with Crippen LogP contribution in [0.1, 0.15) is 34.2 Å². The fourth-order valence-corrected chi connectivity index (χ4v) is 3.10. The van der Waals surface area contributed by atoms with E-state index < -0.39 is 11.7 Å². The van der Waals surface area contributed by atoms with Gasteiger partial charge >= 0.3 is 6.18 Å². The third-order valence-electron chi connectivity index (χ3n) is 4.42. The lowest BCUT2D eigenvalue weighted by atomic mass is 10.0. The predicted octanol–water partition coefficient (Wildman–Crippen LogP) is 4.83. The van der Waals surface area contributed by atoms with Gasteiger partial charge in [-0.05, 0) is 37.1 Å². The second-order valence-electron chi connectivity index (χ2n) is 6.37. The summed E-state index contributed by atoms with van der Waals surface area (Å²) in [5, 5.41) is 7.18. The van der Waals surface area contributed by atoms with Crippen LogP contribution in [-0.2, 0) is 19.3 Å². The number of carbonyl (C=O) groups is 1. The maximum absolute atomic E-state index is 13.1. The maximum atomic E-state index is 13.1. The van der Waals surface area contributed by atoms with Gasteiger partial charge in [-0.2, -0.15) is 18.3 Å². The van der Waals surface area contributed by atoms with Crippen LogP contribution in [0, 0.1) is 6.92 Å². The minimum Gasteiger partial charge on any atom is -0.347 e. The predicted molar refractivity (Wildman–Crippen MR) is 101 cm³/mol. The molecule has 0 fully saturated rings. The Kier molecular flexibility index (Phi) is 5.53. The van der Waals surface area contributed by atoms with Gasteiger partial charge in [-0.1, -0.05) is 42.5 Å². The van der Waals surface area contributed by atoms with E-state index in [2.05, 4.69) is 10.4 Å². The van der Waals surface area contributed by atoms with Crippen LogP contribution in [0.2, 0.25) is 0 Å². The quantitative estimate of drug-likeness (QED) is 0.682. The summed E-state index contributed by atoms with van der Waals surface area (Å²) in [6.07, 6.45) is -4.46. The van der Waals surface area contributed by atoms with Crippen LogP contribution in [0.4, 0.5) is 13.2 Å². The number of rotatable bonds is 5. The zero-order valence-electron chi connectivity index (χ0n) is 15.5. The summed E-state index contributed by atoms with van der Waals surface area (Å²) in [5.74, 6) is -0.376. The van der Waals surface area contributed by atoms with Crippen molar-refractivity contribution >= 4 is 5.91 Å². The van der Waals surface area contributed by atoms with Gasteiger partial charge in [-0.25, -0.2) is 0 Å². The fourth-order valence-electron chi connectivity index (χ4n) is 3.10. The van der Waals surface area contributed by atoms with Gasteiger partial charge in [0.1, 0.15) is 5.69 Å². The van der Waals surface area contributed by atoms with E-state index in [0.717, 1.165) is 17.7 Å². The first-order valence-corrected chi connectivity index (χ1v) is 8.88. The SMILES string of the molecule is CCn1nc(C)c(-c2cccc(C(F)(F)F)c2)c1C(=O)NCc1ccccc1. The number of hydrogen-bond acceptors (Lipinski definition) is 2. The molecule has 146 valence electrons. The Balaban J connectivity index is 1.99. The van der Waals surface area contributed by atoms with E-state index in [-0.39, 0.29) is 11.6 Å². The van der Waals surface area contributed by atoms with Gasteiger partial charge in [0, 0.05) is 18.7 Å². The first-order valence-electron chi connectivity index (χ1n) is 8.88. The zero-order chi connectivity index (χ0) is 20.3. The van der Waals surface area contributed by atoms with Crippen LogP contribution in [0.25, 0.3) is 11.1 Å². The van der Waals surface area contributed by atoms with Crippen LogP contribution < -0.4 is 5.32 Å². The molecular formula is C21H20F3N3O. The van der Waals surface area contributed by atoms with Crippen molar-refractivity contribution in [1.82, 2.24) is 15.1 Å². The highest BCUT2D eigenvalue weighted by Gasteiger charge is 2.31. The minimum atomic E-state index is -4.46. The molecular weight excluding hydrogens is 367 g/mol. The normalized spacial score (nSPS) is 11.5. The summed E-state index contributed by atoms with van der Waals surface area (Å²) in [7, 11) is 0. The van der Waals surface area contributed by atoms with Crippen LogP contribution in [0.5, 0.6) is 0 Å². The van der Waals surface area contributed by atoms with Crippen LogP contribution >= 0.6 is 0 Å². The fraction of sp³-hybridized carbons (Fsp3) is 0.238. The number of carbonyl (C=O) groups excluding carboxylic acids is 1. The molecule has 0 aliphatic carbocycles. The van der Waals surface area contributed by atoms with E-state index in [9.17, 15) is 18.0 Å². The van der Waals surface area contributed by atoms with Crippen molar-refractivity contribution in [2.75, 3.05) is 0 Å². The van der Waals surface area contributed by atoms with E-state index >= 15 is 0 Å². The van der Waals surface area contributed by atoms with Crippen molar-refractivity contribution in [2.45, 2.75) is 33.1 Å². The van der Waals surface area contributed by atoms with E-state index in [1.54, 1.807) is 13.0 Å². The van der Waals surface area contributed by atoms with Crippen molar-refractivity contribution in [2.24, 2.45) is 0 Å². The van der Waals surface area contributed by atoms with Gasteiger partial charge in [0.2, 0.25) is 0 Å². The maximum Gasteiger partial charge on any atom is 0.416 e. The standard InChI is InChI=1S/C21H20F3N3O/c1-3-27-19(20(28)25-13-15-8-5-4-6-9-15)18(14(2)26-27)16-10-7-11-17(12-16)21(22,23)24/h4-12H,3,13H2,1-2H3,(H,25,28). The average molecular weight is 387 g/mol. The molecule has 0 bridgehead atoms. The number of nitrogens with zero attached hydrogens (tertiary/aromatic N) is 2. The Morgan fingerprint density at radius 2 is 1.82 bits per heavy atom. The Hall–Kier alpha value is -3.09. The number of amides is 1. The Morgan fingerprint density at radius 3 is 2.46 bits per heavy atom. The van der Waals surface area contributed by atoms with E-state index in [4.69, 9.17) is 0 Å². The molecule has 0 unspecified atom stereocenters. The first-order chi connectivity index (χ1) is 13.3. The number of halogens is 3. The molecule has 3 aromatic rings. The number of hydrogen-bond donors (Lipinski definition) is 1. The Morgan fingerprint density at radius 1 is 1.11 bits per heavy atom. The van der Waals surface area contributed by atoms with Crippen molar-refractivity contribution < 1.29 is 18.0 Å². The van der Waals surface area contributed by atoms with Crippen molar-refractivity contribution in [3.8, 4) is 11.1 Å². The molecule has 0 radical (unpaired) electrons. The molecule has 1 amide bonds. The molecule has 0 saturated heterocycles. The molecule has 3 rings (SSSR count). The summed E-state index contributed by atoms with van der Waals surface area (Å²) in [5.41, 5.74) is 1.66. The molecule has 0 saturated carbocycles. The smallest absolute Gasteiger partial charge is 0.347 e. The minimum absolute atomic E-state index is 0.259. The van der Waals surface area contributed by atoms with Crippen LogP contribution in [0.3, 0.4) is 0 Å². The van der Waals surface area contributed by atoms with Gasteiger partial charge in [0.15, 0.2) is 0 Å². The topological polar surface area (TPSA) is 46.9 Å². The molecule has 28 heavy (non-hydrogen) atoms. The van der Waals surface area contributed by atoms with E-state index in [1.807, 2.05) is 37.3 Å². The highest BCUT2D eigenvalue weighted by atomic mass is 19.4. The van der Waals surface area contributed by atoms with Gasteiger partial charge in [0.25, 0.3) is 5.91 Å². The van der Waals surface area contributed by atoms with Crippen molar-refractivity contribution in [3.05, 3.63) is 77.1 Å². The highest BCUT2D eigenvalue weighted by Crippen LogP contribution is 2.34. The third kappa shape index (κ3) is 4.08. The lowest BCUT2D eigenvalue weighted by molar-refractivity contribution is -0.137. The summed E-state index contributed by atoms with van der Waals surface area (Å²) in [6, 6.07) is 14.4. The molecule has 7 heteroatoms. The molecule has 1 heterocycles. The first kappa shape index (κ1) is 19.7. The van der Waals surface area contributed by atoms with Gasteiger partial charge < -0.3 is 5.32 Å². The van der Waals surface area contributed by atoms with Crippen LogP contribution in [-0.4, -0.2) is 15.7 Å². The van der Waals surface area contributed by atoms with Crippen molar-refractivity contribution in [1.29, 1.82) is 0 Å². The van der Waals surface area contributed by atoms with Crippen LogP contribution in [0.15, 0.2) is 54.6 Å². The third-order valence-corrected chi connectivity index (χ3v) is 4.42. The largest absolute Gasteiger partial charge is 0.416 e. The lowest BCUT2D eigenvalue weighted by Gasteiger charge is -2.12. The number of alkyl halides is 3. The zero-order valence-corrected chi connectivity index (χ0v) is 15.5. The number of aryl methyl sites for hydroxylation is 2. The average Bonchev–Trinajstić information content (AvgIpc) is 3.03. The molecule has 1 aromatic heterocycles. The molecule has 0 spiro atoms. The molecule has 0 aliphatic heterocycles. The molecule has 0 atom stereocenters. The number of benzene rings is 2. The van der Waals surface area contributed by atoms with Crippen molar-refractivity contribution in [3.63, 3.8) is 0 Å². The lowest BCUT2D eigenvalue weighted by Crippen LogP contribution is -2.26. The van der Waals surface area contributed by atoms with E-state index in [1.165, 1.54) is 10.7 Å². The van der Waals surface area contributed by atoms with Gasteiger partial charge in [-0.3, -0.25) is 9.48 Å². The molecule has 1 N–H and O–H groups in total. The second kappa shape index (κ2) is 7.88. The highest BCUT2D eigenvalue weighted by molar-refractivity contribution is 6.00. The monoisotopic (exact) mass is 387 g/mol. The molecule has 4 nitrogen and oxygen atoms in total. The Labute approximate surface area is 161 Å². The summed E-state index contributed by atoms with van der Waals surface area (Å²) >= 11 is 0. The molecule has 0 aliphatic rings.